The number of Topliss-reactive ketones (excluding diaryl/α,β-unsaturated/α-hetero) is 1. The number of fused-ring (bicyclic) bond motifs is 2. The van der Waals surface area contributed by atoms with Crippen LogP contribution in [0.3, 0.4) is 0 Å². The van der Waals surface area contributed by atoms with Gasteiger partial charge in [0.15, 0.2) is 6.54 Å². The predicted molar refractivity (Wildman–Crippen MR) is 84.5 cm³/mol. The highest BCUT2D eigenvalue weighted by Crippen LogP contribution is 2.18. The van der Waals surface area contributed by atoms with Gasteiger partial charge in [-0.15, -0.1) is 0 Å². The number of hydrogen-bond donors (Lipinski definition) is 0. The van der Waals surface area contributed by atoms with Gasteiger partial charge in [0.2, 0.25) is 5.78 Å². The first-order valence-electron chi connectivity index (χ1n) is 7.37. The van der Waals surface area contributed by atoms with Gasteiger partial charge in [0, 0.05) is 17.4 Å². The van der Waals surface area contributed by atoms with E-state index in [1.54, 1.807) is 10.6 Å². The van der Waals surface area contributed by atoms with Crippen LogP contribution < -0.4 is 27.1 Å². The molecule has 0 fully saturated rings. The van der Waals surface area contributed by atoms with Crippen molar-refractivity contribution in [2.24, 2.45) is 0 Å². The second kappa shape index (κ2) is 6.37. The molecule has 23 heavy (non-hydrogen) atoms. The molecule has 0 amide bonds. The minimum atomic E-state index is 0. The molecule has 0 radical (unpaired) electrons. The molecule has 4 nitrogen and oxygen atoms in total. The van der Waals surface area contributed by atoms with Crippen molar-refractivity contribution < 1.29 is 26.3 Å². The van der Waals surface area contributed by atoms with Gasteiger partial charge in [0.1, 0.15) is 11.9 Å². The molecule has 0 bridgehead atoms. The van der Waals surface area contributed by atoms with Gasteiger partial charge >= 0.3 is 10.5 Å². The van der Waals surface area contributed by atoms with Gasteiger partial charge in [-0.25, -0.2) is 9.36 Å². The molecule has 0 unspecified atom stereocenters. The van der Waals surface area contributed by atoms with E-state index in [1.807, 2.05) is 40.3 Å². The highest BCUT2D eigenvalue weighted by atomic mass is 79.9. The lowest BCUT2D eigenvalue weighted by Gasteiger charge is -2.06. The fraction of sp³-hybridized carbons (Fsp3) is 0.235. The lowest BCUT2D eigenvalue weighted by molar-refractivity contribution is -0.666. The maximum atomic E-state index is 12.6. The molecule has 1 aromatic carbocycles. The molecule has 2 aromatic heterocycles. The minimum absolute atomic E-state index is 0. The molecule has 3 aromatic rings. The molecule has 0 saturated heterocycles. The van der Waals surface area contributed by atoms with E-state index in [1.165, 1.54) is 11.3 Å². The number of ketones is 1. The fourth-order valence-corrected chi connectivity index (χ4v) is 4.02. The summed E-state index contributed by atoms with van der Waals surface area (Å²) in [5, 5.41) is 1.90. The molecule has 0 atom stereocenters. The van der Waals surface area contributed by atoms with Crippen LogP contribution in [0.15, 0.2) is 46.7 Å². The van der Waals surface area contributed by atoms with E-state index in [9.17, 15) is 9.59 Å². The van der Waals surface area contributed by atoms with Gasteiger partial charge < -0.3 is 17.0 Å². The number of halogens is 1. The zero-order valence-corrected chi connectivity index (χ0v) is 14.8. The molecule has 0 aliphatic heterocycles. The van der Waals surface area contributed by atoms with Crippen LogP contribution in [0, 0.1) is 0 Å². The maximum absolute atomic E-state index is 12.6. The van der Waals surface area contributed by atoms with E-state index in [0.29, 0.717) is 5.56 Å². The molecular weight excluding hydrogens is 376 g/mol. The van der Waals surface area contributed by atoms with Crippen LogP contribution in [0.4, 0.5) is 0 Å². The molecule has 118 valence electrons. The van der Waals surface area contributed by atoms with Crippen LogP contribution in [0.1, 0.15) is 28.0 Å². The van der Waals surface area contributed by atoms with E-state index in [2.05, 4.69) is 0 Å². The Morgan fingerprint density at radius 1 is 1.22 bits per heavy atom. The van der Waals surface area contributed by atoms with Gasteiger partial charge in [-0.1, -0.05) is 41.7 Å². The molecule has 6 heteroatoms. The minimum Gasteiger partial charge on any atom is -1.00 e. The van der Waals surface area contributed by atoms with E-state index < -0.39 is 0 Å². The molecule has 1 aliphatic carbocycles. The number of nitrogens with zero attached hydrogens (tertiary/aromatic N) is 2. The lowest BCUT2D eigenvalue weighted by Crippen LogP contribution is -3.00. The second-order valence-electron chi connectivity index (χ2n) is 5.51. The summed E-state index contributed by atoms with van der Waals surface area (Å²) in [4.78, 5) is 25.9. The fourth-order valence-electron chi connectivity index (χ4n) is 3.16. The smallest absolute Gasteiger partial charge is 0.349 e. The average Bonchev–Trinajstić information content (AvgIpc) is 3.21. The quantitative estimate of drug-likeness (QED) is 0.426. The summed E-state index contributed by atoms with van der Waals surface area (Å²) in [6, 6.07) is 9.33. The number of rotatable bonds is 3. The van der Waals surface area contributed by atoms with Gasteiger partial charge in [-0.05, 0) is 12.8 Å². The molecule has 1 aliphatic rings. The van der Waals surface area contributed by atoms with Crippen molar-refractivity contribution in [3.05, 3.63) is 69.1 Å². The van der Waals surface area contributed by atoms with Crippen molar-refractivity contribution in [1.29, 1.82) is 0 Å². The van der Waals surface area contributed by atoms with E-state index in [-0.39, 0.29) is 34.9 Å². The number of carbonyl (C=O) groups excluding carboxylic acids is 1. The van der Waals surface area contributed by atoms with Crippen molar-refractivity contribution in [2.45, 2.75) is 25.8 Å². The highest BCUT2D eigenvalue weighted by Gasteiger charge is 2.29. The van der Waals surface area contributed by atoms with Crippen molar-refractivity contribution in [1.82, 2.24) is 4.40 Å². The molecule has 0 N–H and O–H groups in total. The molecule has 2 heterocycles. The monoisotopic (exact) mass is 390 g/mol. The summed E-state index contributed by atoms with van der Waals surface area (Å²) in [6.45, 7) is 0.288. The summed E-state index contributed by atoms with van der Waals surface area (Å²) in [5.41, 5.74) is 2.70. The Morgan fingerprint density at radius 3 is 2.78 bits per heavy atom. The standard InChI is InChI=1S/C17H15N2O2S.BrH/c20-15(12-5-2-1-3-6-12)11-19-14-8-4-7-13(14)16(21)18-9-10-22-17(18)19;/h1-3,5-6,9-10H,4,7-8,11H2;1H/q+1;/p-1. The summed E-state index contributed by atoms with van der Waals surface area (Å²) >= 11 is 1.51. The third-order valence-corrected chi connectivity index (χ3v) is 5.10. The van der Waals surface area contributed by atoms with Crippen LogP contribution >= 0.6 is 11.3 Å². The SMILES string of the molecule is O=C(C[n+]1c2c(c(=O)n3ccsc31)CCC2)c1ccccc1.[Br-]. The summed E-state index contributed by atoms with van der Waals surface area (Å²) in [6.07, 6.45) is 4.47. The summed E-state index contributed by atoms with van der Waals surface area (Å²) in [5.74, 6) is 0.0775. The molecule has 0 saturated carbocycles. The second-order valence-corrected chi connectivity index (χ2v) is 6.39. The maximum Gasteiger partial charge on any atom is 0.349 e. The lowest BCUT2D eigenvalue weighted by atomic mass is 10.1. The van der Waals surface area contributed by atoms with Gasteiger partial charge in [-0.2, -0.15) is 4.40 Å². The average molecular weight is 391 g/mol. The van der Waals surface area contributed by atoms with Gasteiger partial charge in [0.25, 0.3) is 0 Å². The zero-order chi connectivity index (χ0) is 15.1. The number of hydrogen-bond acceptors (Lipinski definition) is 3. The van der Waals surface area contributed by atoms with Crippen molar-refractivity contribution in [2.75, 3.05) is 0 Å². The Bertz CT molecular complexity index is 931. The molecule has 0 spiro atoms. The Labute approximate surface area is 147 Å². The first kappa shape index (κ1) is 16.1. The number of benzene rings is 1. The van der Waals surface area contributed by atoms with Crippen LogP contribution in [0.2, 0.25) is 0 Å². The van der Waals surface area contributed by atoms with E-state index in [4.69, 9.17) is 0 Å². The summed E-state index contributed by atoms with van der Waals surface area (Å²) < 4.78 is 3.71. The Kier molecular flexibility index (Phi) is 4.46. The Morgan fingerprint density at radius 2 is 2.00 bits per heavy atom. The van der Waals surface area contributed by atoms with Gasteiger partial charge in [-0.3, -0.25) is 4.79 Å². The van der Waals surface area contributed by atoms with Gasteiger partial charge in [0.05, 0.1) is 5.56 Å². The topological polar surface area (TPSA) is 42.4 Å². The van der Waals surface area contributed by atoms with Crippen LogP contribution in [-0.4, -0.2) is 10.2 Å². The van der Waals surface area contributed by atoms with Crippen LogP contribution in [-0.2, 0) is 19.4 Å². The third-order valence-electron chi connectivity index (χ3n) is 4.21. The largest absolute Gasteiger partial charge is 1.00 e. The first-order valence-corrected chi connectivity index (χ1v) is 8.25. The normalized spacial score (nSPS) is 12.9. The number of thiazole rings is 1. The first-order chi connectivity index (χ1) is 10.8. The van der Waals surface area contributed by atoms with E-state index >= 15 is 0 Å². The summed E-state index contributed by atoms with van der Waals surface area (Å²) in [7, 11) is 0. The number of aromatic nitrogens is 2. The van der Waals surface area contributed by atoms with Crippen molar-refractivity contribution in [3.63, 3.8) is 0 Å². The number of carbonyl (C=O) groups is 1. The molecule has 4 rings (SSSR count). The van der Waals surface area contributed by atoms with Crippen LogP contribution in [0.25, 0.3) is 4.96 Å². The van der Waals surface area contributed by atoms with E-state index in [0.717, 1.165) is 35.5 Å². The zero-order valence-electron chi connectivity index (χ0n) is 12.4. The van der Waals surface area contributed by atoms with Crippen molar-refractivity contribution >= 4 is 22.1 Å². The predicted octanol–water partition coefficient (Wildman–Crippen LogP) is -0.976. The Balaban J connectivity index is 0.00000156. The van der Waals surface area contributed by atoms with Crippen LogP contribution in [0.5, 0.6) is 0 Å². The molecular formula is C17H15BrN2O2S. The van der Waals surface area contributed by atoms with Crippen molar-refractivity contribution in [3.8, 4) is 0 Å². The third kappa shape index (κ3) is 2.66. The Hall–Kier alpha value is -1.79. The highest BCUT2D eigenvalue weighted by molar-refractivity contribution is 7.14.